The van der Waals surface area contributed by atoms with E-state index >= 15 is 0 Å². The van der Waals surface area contributed by atoms with Crippen molar-refractivity contribution in [3.8, 4) is 6.07 Å². The van der Waals surface area contributed by atoms with Gasteiger partial charge in [0, 0.05) is 5.56 Å². The smallest absolute Gasteiger partial charge is 0.267 e. The Labute approximate surface area is 113 Å². The first kappa shape index (κ1) is 13.6. The van der Waals surface area contributed by atoms with Crippen molar-refractivity contribution in [2.24, 2.45) is 0 Å². The first-order valence-corrected chi connectivity index (χ1v) is 5.66. The zero-order chi connectivity index (χ0) is 14.7. The molecule has 1 aromatic heterocycles. The van der Waals surface area contributed by atoms with Crippen LogP contribution >= 0.6 is 0 Å². The maximum atomic E-state index is 13.4. The van der Waals surface area contributed by atoms with Crippen molar-refractivity contribution in [3.05, 3.63) is 62.6 Å². The summed E-state index contributed by atoms with van der Waals surface area (Å²) in [5, 5.41) is 14.8. The van der Waals surface area contributed by atoms with Crippen molar-refractivity contribution in [2.45, 2.75) is 6.92 Å². The van der Waals surface area contributed by atoms with Gasteiger partial charge in [0.25, 0.3) is 5.56 Å². The molecule has 0 aliphatic rings. The number of nitrogens with zero attached hydrogens (tertiary/aromatic N) is 2. The van der Waals surface area contributed by atoms with Crippen LogP contribution in [0.5, 0.6) is 0 Å². The second-order valence-corrected chi connectivity index (χ2v) is 4.02. The van der Waals surface area contributed by atoms with E-state index in [0.717, 1.165) is 12.1 Å². The molecule has 1 N–H and O–H groups in total. The van der Waals surface area contributed by atoms with Crippen LogP contribution in [-0.4, -0.2) is 10.2 Å². The number of aromatic nitrogens is 2. The molecule has 0 saturated carbocycles. The van der Waals surface area contributed by atoms with Crippen molar-refractivity contribution in [1.82, 2.24) is 10.2 Å². The van der Waals surface area contributed by atoms with E-state index < -0.39 is 17.2 Å². The molecule has 0 fully saturated rings. The summed E-state index contributed by atoms with van der Waals surface area (Å²) in [5.41, 5.74) is -0.265. The summed E-state index contributed by atoms with van der Waals surface area (Å²) in [5.74, 6) is -1.41. The summed E-state index contributed by atoms with van der Waals surface area (Å²) in [6, 6.07) is 5.29. The Kier molecular flexibility index (Phi) is 3.71. The van der Waals surface area contributed by atoms with Gasteiger partial charge in [0.1, 0.15) is 23.3 Å². The lowest BCUT2D eigenvalue weighted by molar-refractivity contribution is 0.579. The van der Waals surface area contributed by atoms with E-state index in [0.29, 0.717) is 5.56 Å². The highest BCUT2D eigenvalue weighted by molar-refractivity contribution is 5.70. The molecule has 4 nitrogen and oxygen atoms in total. The van der Waals surface area contributed by atoms with Crippen LogP contribution in [-0.2, 0) is 0 Å². The zero-order valence-corrected chi connectivity index (χ0v) is 10.4. The Balaban J connectivity index is 2.48. The monoisotopic (exact) mass is 273 g/mol. The van der Waals surface area contributed by atoms with Gasteiger partial charge in [-0.2, -0.15) is 10.4 Å². The Hall–Kier alpha value is -2.81. The standard InChI is InChI=1S/C14H9F2N3O/c1-8-10(7-17)14(20)19-18-13(8)6-5-9-11(15)3-2-4-12(9)16/h2-6H,1H3,(H,19,20)/b6-5+. The fraction of sp³-hybridized carbons (Fsp3) is 0.0714. The second kappa shape index (κ2) is 5.45. The molecule has 0 amide bonds. The minimum absolute atomic E-state index is 0.0753. The molecule has 0 saturated heterocycles. The minimum Gasteiger partial charge on any atom is -0.267 e. The number of H-pyrrole nitrogens is 1. The topological polar surface area (TPSA) is 69.5 Å². The molecule has 0 aliphatic carbocycles. The molecule has 2 aromatic rings. The molecule has 0 bridgehead atoms. The number of nitrogens with one attached hydrogen (secondary N) is 1. The molecule has 1 aromatic carbocycles. The molecule has 0 radical (unpaired) electrons. The van der Waals surface area contributed by atoms with Gasteiger partial charge in [-0.1, -0.05) is 6.07 Å². The highest BCUT2D eigenvalue weighted by Crippen LogP contribution is 2.16. The summed E-state index contributed by atoms with van der Waals surface area (Å²) in [6.07, 6.45) is 2.55. The normalized spacial score (nSPS) is 10.7. The molecule has 0 spiro atoms. The number of hydrogen-bond donors (Lipinski definition) is 1. The van der Waals surface area contributed by atoms with E-state index in [-0.39, 0.29) is 16.8 Å². The average molecular weight is 273 g/mol. The third kappa shape index (κ3) is 2.47. The van der Waals surface area contributed by atoms with Crippen LogP contribution in [0.4, 0.5) is 8.78 Å². The van der Waals surface area contributed by atoms with Gasteiger partial charge in [-0.25, -0.2) is 13.9 Å². The zero-order valence-electron chi connectivity index (χ0n) is 10.4. The van der Waals surface area contributed by atoms with Crippen LogP contribution in [0.25, 0.3) is 12.2 Å². The molecule has 0 aliphatic heterocycles. The summed E-state index contributed by atoms with van der Waals surface area (Å²) in [4.78, 5) is 11.3. The number of aromatic amines is 1. The highest BCUT2D eigenvalue weighted by Gasteiger charge is 2.09. The van der Waals surface area contributed by atoms with Gasteiger partial charge in [-0.05, 0) is 36.8 Å². The van der Waals surface area contributed by atoms with Gasteiger partial charge in [0.2, 0.25) is 0 Å². The van der Waals surface area contributed by atoms with Crippen molar-refractivity contribution in [3.63, 3.8) is 0 Å². The van der Waals surface area contributed by atoms with Crippen LogP contribution < -0.4 is 5.56 Å². The van der Waals surface area contributed by atoms with Crippen LogP contribution in [0.2, 0.25) is 0 Å². The van der Waals surface area contributed by atoms with Gasteiger partial charge in [-0.15, -0.1) is 0 Å². The SMILES string of the molecule is Cc1c(/C=C/c2c(F)cccc2F)n[nH]c(=O)c1C#N. The van der Waals surface area contributed by atoms with Crippen molar-refractivity contribution in [2.75, 3.05) is 0 Å². The van der Waals surface area contributed by atoms with Gasteiger partial charge in [0.15, 0.2) is 0 Å². The quantitative estimate of drug-likeness (QED) is 0.913. The van der Waals surface area contributed by atoms with Crippen molar-refractivity contribution in [1.29, 1.82) is 5.26 Å². The van der Waals surface area contributed by atoms with E-state index in [4.69, 9.17) is 5.26 Å². The van der Waals surface area contributed by atoms with E-state index in [2.05, 4.69) is 10.2 Å². The molecule has 0 atom stereocenters. The van der Waals surface area contributed by atoms with Crippen molar-refractivity contribution < 1.29 is 8.78 Å². The first-order chi connectivity index (χ1) is 9.54. The average Bonchev–Trinajstić information content (AvgIpc) is 2.41. The number of rotatable bonds is 2. The predicted octanol–water partition coefficient (Wildman–Crippen LogP) is 2.40. The highest BCUT2D eigenvalue weighted by atomic mass is 19.1. The molecular weight excluding hydrogens is 264 g/mol. The third-order valence-electron chi connectivity index (χ3n) is 2.78. The summed E-state index contributed by atoms with van der Waals surface area (Å²) < 4.78 is 26.9. The first-order valence-electron chi connectivity index (χ1n) is 5.66. The van der Waals surface area contributed by atoms with Crippen LogP contribution in [0.15, 0.2) is 23.0 Å². The molecule has 6 heteroatoms. The van der Waals surface area contributed by atoms with Gasteiger partial charge >= 0.3 is 0 Å². The largest absolute Gasteiger partial charge is 0.282 e. The Morgan fingerprint density at radius 1 is 1.30 bits per heavy atom. The number of nitriles is 1. The van der Waals surface area contributed by atoms with Crippen LogP contribution in [0.3, 0.4) is 0 Å². The van der Waals surface area contributed by atoms with Gasteiger partial charge in [-0.3, -0.25) is 4.79 Å². The Bertz CT molecular complexity index is 768. The molecule has 1 heterocycles. The minimum atomic E-state index is -0.705. The van der Waals surface area contributed by atoms with Crippen LogP contribution in [0, 0.1) is 29.9 Å². The van der Waals surface area contributed by atoms with Crippen LogP contribution in [0.1, 0.15) is 22.4 Å². The Morgan fingerprint density at radius 3 is 2.55 bits per heavy atom. The lowest BCUT2D eigenvalue weighted by atomic mass is 10.1. The fourth-order valence-corrected chi connectivity index (χ4v) is 1.68. The molecular formula is C14H9F2N3O. The fourth-order valence-electron chi connectivity index (χ4n) is 1.68. The van der Waals surface area contributed by atoms with Gasteiger partial charge < -0.3 is 0 Å². The van der Waals surface area contributed by atoms with E-state index in [9.17, 15) is 13.6 Å². The lowest BCUT2D eigenvalue weighted by Crippen LogP contribution is -2.15. The number of halogens is 2. The van der Waals surface area contributed by atoms with E-state index in [1.807, 2.05) is 0 Å². The van der Waals surface area contributed by atoms with E-state index in [1.54, 1.807) is 6.07 Å². The maximum absolute atomic E-state index is 13.4. The number of benzene rings is 1. The lowest BCUT2D eigenvalue weighted by Gasteiger charge is -2.01. The van der Waals surface area contributed by atoms with E-state index in [1.165, 1.54) is 25.1 Å². The van der Waals surface area contributed by atoms with Gasteiger partial charge in [0.05, 0.1) is 5.69 Å². The molecule has 2 rings (SSSR count). The maximum Gasteiger partial charge on any atom is 0.282 e. The molecule has 100 valence electrons. The van der Waals surface area contributed by atoms with Crippen molar-refractivity contribution >= 4 is 12.2 Å². The summed E-state index contributed by atoms with van der Waals surface area (Å²) in [7, 11) is 0. The third-order valence-corrected chi connectivity index (χ3v) is 2.78. The Morgan fingerprint density at radius 2 is 1.95 bits per heavy atom. The molecule has 0 unspecified atom stereocenters. The summed E-state index contributed by atoms with van der Waals surface area (Å²) >= 11 is 0. The molecule has 20 heavy (non-hydrogen) atoms. The predicted molar refractivity (Wildman–Crippen MR) is 69.6 cm³/mol. The second-order valence-electron chi connectivity index (χ2n) is 4.02. The number of hydrogen-bond acceptors (Lipinski definition) is 3. The summed E-state index contributed by atoms with van der Waals surface area (Å²) in [6.45, 7) is 1.54.